The van der Waals surface area contributed by atoms with Crippen LogP contribution in [0.2, 0.25) is 0 Å². The number of aliphatic hydroxyl groups excluding tert-OH is 1. The predicted molar refractivity (Wildman–Crippen MR) is 126 cm³/mol. The number of rotatable bonds is 10. The van der Waals surface area contributed by atoms with Crippen molar-refractivity contribution in [2.45, 2.75) is 18.1 Å². The molecule has 4 N–H and O–H groups in total. The van der Waals surface area contributed by atoms with E-state index in [9.17, 15) is 13.5 Å². The monoisotopic (exact) mass is 467 g/mol. The van der Waals surface area contributed by atoms with Gasteiger partial charge in [0.15, 0.2) is 5.03 Å². The summed E-state index contributed by atoms with van der Waals surface area (Å²) in [6, 6.07) is 17.1. The third-order valence-electron chi connectivity index (χ3n) is 5.04. The van der Waals surface area contributed by atoms with Crippen molar-refractivity contribution >= 4 is 26.6 Å². The van der Waals surface area contributed by atoms with Gasteiger partial charge >= 0.3 is 0 Å². The highest BCUT2D eigenvalue weighted by atomic mass is 32.2. The quantitative estimate of drug-likeness (QED) is 0.264. The number of benzene rings is 2. The third-order valence-corrected chi connectivity index (χ3v) is 6.34. The number of fused-ring (bicyclic) bond motifs is 1. The van der Waals surface area contributed by atoms with Gasteiger partial charge in [0, 0.05) is 42.1 Å². The van der Waals surface area contributed by atoms with Gasteiger partial charge in [-0.05, 0) is 48.9 Å². The van der Waals surface area contributed by atoms with Gasteiger partial charge in [-0.15, -0.1) is 0 Å². The van der Waals surface area contributed by atoms with E-state index in [2.05, 4.69) is 25.2 Å². The van der Waals surface area contributed by atoms with Crippen LogP contribution in [0.1, 0.15) is 17.4 Å². The van der Waals surface area contributed by atoms with Crippen LogP contribution in [0, 0.1) is 6.92 Å². The molecule has 1 atom stereocenters. The van der Waals surface area contributed by atoms with Crippen LogP contribution < -0.4 is 14.8 Å². The number of pyridine rings is 1. The minimum absolute atomic E-state index is 0.0702. The molecule has 0 aliphatic carbocycles. The lowest BCUT2D eigenvalue weighted by Gasteiger charge is -2.14. The number of aromatic nitrogens is 3. The summed E-state index contributed by atoms with van der Waals surface area (Å²) >= 11 is 0. The zero-order chi connectivity index (χ0) is 23.3. The van der Waals surface area contributed by atoms with Gasteiger partial charge in [0.25, 0.3) is 10.0 Å². The van der Waals surface area contributed by atoms with Gasteiger partial charge in [-0.3, -0.25) is 9.82 Å². The van der Waals surface area contributed by atoms with E-state index in [1.54, 1.807) is 36.4 Å². The largest absolute Gasteiger partial charge is 0.492 e. The second kappa shape index (κ2) is 9.99. The van der Waals surface area contributed by atoms with Crippen molar-refractivity contribution in [2.75, 3.05) is 24.4 Å². The highest BCUT2D eigenvalue weighted by Crippen LogP contribution is 2.22. The molecule has 9 nitrogen and oxygen atoms in total. The highest BCUT2D eigenvalue weighted by molar-refractivity contribution is 7.92. The summed E-state index contributed by atoms with van der Waals surface area (Å²) in [5, 5.41) is 21.8. The first kappa shape index (κ1) is 22.7. The molecule has 0 bridgehead atoms. The SMILES string of the molecule is Cc1[nH]nc2cc(OCCNC[C@H](O)c3cccc(NS(=O)(=O)c4ccccn4)c3)ccc12. The van der Waals surface area contributed by atoms with E-state index >= 15 is 0 Å². The molecule has 2 aromatic carbocycles. The number of aryl methyl sites for hydroxylation is 1. The first-order chi connectivity index (χ1) is 15.9. The second-order valence-corrected chi connectivity index (χ2v) is 9.12. The number of aromatic amines is 1. The maximum atomic E-state index is 12.4. The smallest absolute Gasteiger partial charge is 0.279 e. The van der Waals surface area contributed by atoms with Gasteiger partial charge in [0.1, 0.15) is 12.4 Å². The molecule has 0 fully saturated rings. The Morgan fingerprint density at radius 1 is 1.12 bits per heavy atom. The average Bonchev–Trinajstić information content (AvgIpc) is 3.19. The maximum absolute atomic E-state index is 12.4. The molecule has 0 saturated carbocycles. The molecule has 10 heteroatoms. The fourth-order valence-electron chi connectivity index (χ4n) is 3.34. The van der Waals surface area contributed by atoms with Gasteiger partial charge in [-0.25, -0.2) is 4.98 Å². The molecule has 4 rings (SSSR count). The topological polar surface area (TPSA) is 129 Å². The zero-order valence-corrected chi connectivity index (χ0v) is 18.8. The van der Waals surface area contributed by atoms with Gasteiger partial charge < -0.3 is 15.2 Å². The fraction of sp³-hybridized carbons (Fsp3) is 0.217. The number of nitrogens with one attached hydrogen (secondary N) is 3. The zero-order valence-electron chi connectivity index (χ0n) is 18.0. The standard InChI is InChI=1S/C23H25N5O4S/c1-16-20-9-8-19(14-21(20)27-26-16)32-12-11-24-15-22(29)17-5-4-6-18(13-17)28-33(30,31)23-7-2-3-10-25-23/h2-10,13-14,22,24,28-29H,11-12,15H2,1H3,(H,26,27)/t22-/m0/s1. The normalized spacial score (nSPS) is 12.5. The molecule has 0 amide bonds. The summed E-state index contributed by atoms with van der Waals surface area (Å²) < 4.78 is 33.1. The summed E-state index contributed by atoms with van der Waals surface area (Å²) in [7, 11) is -3.80. The van der Waals surface area contributed by atoms with Crippen molar-refractivity contribution in [1.29, 1.82) is 0 Å². The van der Waals surface area contributed by atoms with Crippen molar-refractivity contribution in [1.82, 2.24) is 20.5 Å². The minimum atomic E-state index is -3.80. The Morgan fingerprint density at radius 3 is 2.82 bits per heavy atom. The van der Waals surface area contributed by atoms with Gasteiger partial charge in [0.2, 0.25) is 0 Å². The number of sulfonamides is 1. The molecule has 4 aromatic rings. The third kappa shape index (κ3) is 5.67. The molecule has 0 spiro atoms. The van der Waals surface area contributed by atoms with Crippen LogP contribution in [0.25, 0.3) is 10.9 Å². The molecule has 0 aliphatic rings. The van der Waals surface area contributed by atoms with Crippen LogP contribution >= 0.6 is 0 Å². The lowest BCUT2D eigenvalue weighted by Crippen LogP contribution is -2.26. The van der Waals surface area contributed by atoms with E-state index in [1.807, 2.05) is 25.1 Å². The number of anilines is 1. The summed E-state index contributed by atoms with van der Waals surface area (Å²) in [5.41, 5.74) is 2.81. The van der Waals surface area contributed by atoms with Crippen LogP contribution in [0.5, 0.6) is 5.75 Å². The lowest BCUT2D eigenvalue weighted by atomic mass is 10.1. The van der Waals surface area contributed by atoms with Crippen molar-refractivity contribution in [3.8, 4) is 5.75 Å². The van der Waals surface area contributed by atoms with Crippen molar-refractivity contribution in [3.05, 3.63) is 78.1 Å². The molecule has 33 heavy (non-hydrogen) atoms. The van der Waals surface area contributed by atoms with Crippen LogP contribution in [-0.2, 0) is 10.0 Å². The first-order valence-electron chi connectivity index (χ1n) is 10.4. The Balaban J connectivity index is 1.26. The number of nitrogens with zero attached hydrogens (tertiary/aromatic N) is 2. The van der Waals surface area contributed by atoms with E-state index in [-0.39, 0.29) is 11.6 Å². The fourth-order valence-corrected chi connectivity index (χ4v) is 4.33. The molecule has 0 unspecified atom stereocenters. The van der Waals surface area contributed by atoms with Gasteiger partial charge in [-0.2, -0.15) is 13.5 Å². The van der Waals surface area contributed by atoms with Crippen LogP contribution in [0.4, 0.5) is 5.69 Å². The van der Waals surface area contributed by atoms with Crippen molar-refractivity contribution in [3.63, 3.8) is 0 Å². The van der Waals surface area contributed by atoms with Crippen LogP contribution in [-0.4, -0.2) is 48.4 Å². The number of ether oxygens (including phenoxy) is 1. The Morgan fingerprint density at radius 2 is 2.00 bits per heavy atom. The van der Waals surface area contributed by atoms with E-state index in [0.29, 0.717) is 24.4 Å². The molecule has 0 radical (unpaired) electrons. The van der Waals surface area contributed by atoms with E-state index < -0.39 is 16.1 Å². The van der Waals surface area contributed by atoms with Crippen molar-refractivity contribution < 1.29 is 18.3 Å². The molecule has 172 valence electrons. The minimum Gasteiger partial charge on any atom is -0.492 e. The number of hydrogen-bond acceptors (Lipinski definition) is 7. The van der Waals surface area contributed by atoms with Gasteiger partial charge in [-0.1, -0.05) is 18.2 Å². The van der Waals surface area contributed by atoms with E-state index in [0.717, 1.165) is 22.3 Å². The second-order valence-electron chi connectivity index (χ2n) is 7.49. The van der Waals surface area contributed by atoms with E-state index in [4.69, 9.17) is 4.74 Å². The first-order valence-corrected chi connectivity index (χ1v) is 11.9. The van der Waals surface area contributed by atoms with Crippen LogP contribution in [0.15, 0.2) is 71.9 Å². The molecular formula is C23H25N5O4S. The van der Waals surface area contributed by atoms with Crippen molar-refractivity contribution in [2.24, 2.45) is 0 Å². The summed E-state index contributed by atoms with van der Waals surface area (Å²) in [6.45, 7) is 3.21. The number of hydrogen-bond donors (Lipinski definition) is 4. The summed E-state index contributed by atoms with van der Waals surface area (Å²) in [4.78, 5) is 3.87. The van der Waals surface area contributed by atoms with Gasteiger partial charge in [0.05, 0.1) is 11.6 Å². The molecule has 0 aliphatic heterocycles. The Kier molecular flexibility index (Phi) is 6.87. The Hall–Kier alpha value is -3.47. The van der Waals surface area contributed by atoms with E-state index in [1.165, 1.54) is 12.3 Å². The molecule has 2 aromatic heterocycles. The maximum Gasteiger partial charge on any atom is 0.279 e. The molecule has 0 saturated heterocycles. The van der Waals surface area contributed by atoms with Crippen LogP contribution in [0.3, 0.4) is 0 Å². The molecule has 2 heterocycles. The molecular weight excluding hydrogens is 442 g/mol. The summed E-state index contributed by atoms with van der Waals surface area (Å²) in [5.74, 6) is 0.726. The summed E-state index contributed by atoms with van der Waals surface area (Å²) in [6.07, 6.45) is 0.605. The highest BCUT2D eigenvalue weighted by Gasteiger charge is 2.16. The number of aliphatic hydroxyl groups is 1. The Bertz CT molecular complexity index is 1330. The Labute approximate surface area is 191 Å². The average molecular weight is 468 g/mol. The lowest BCUT2D eigenvalue weighted by molar-refractivity contribution is 0.172. The predicted octanol–water partition coefficient (Wildman–Crippen LogP) is 2.77. The number of H-pyrrole nitrogens is 1.